The minimum atomic E-state index is -0.620. The summed E-state index contributed by atoms with van der Waals surface area (Å²) >= 11 is 0. The third-order valence-corrected chi connectivity index (χ3v) is 6.16. The van der Waals surface area contributed by atoms with E-state index in [1.165, 1.54) is 12.1 Å². The van der Waals surface area contributed by atoms with E-state index in [0.29, 0.717) is 31.9 Å². The van der Waals surface area contributed by atoms with Crippen LogP contribution in [0.4, 0.5) is 19.8 Å². The van der Waals surface area contributed by atoms with Crippen LogP contribution in [0.2, 0.25) is 0 Å². The lowest BCUT2D eigenvalue weighted by molar-refractivity contribution is 0.0175. The zero-order valence-corrected chi connectivity index (χ0v) is 25.3. The molecule has 0 radical (unpaired) electrons. The highest BCUT2D eigenvalue weighted by molar-refractivity contribution is 5.83. The van der Waals surface area contributed by atoms with Crippen LogP contribution >= 0.6 is 0 Å². The highest BCUT2D eigenvalue weighted by atomic mass is 19.1. The maximum atomic E-state index is 13.4. The molecule has 0 saturated carbocycles. The topological polar surface area (TPSA) is 90.0 Å². The monoisotopic (exact) mass is 569 g/mol. The summed E-state index contributed by atoms with van der Waals surface area (Å²) in [4.78, 5) is 31.5. The Bertz CT molecular complexity index is 1220. The molecule has 1 saturated heterocycles. The number of benzene rings is 1. The van der Waals surface area contributed by atoms with Gasteiger partial charge >= 0.3 is 12.2 Å². The van der Waals surface area contributed by atoms with E-state index in [0.717, 1.165) is 29.7 Å². The smallest absolute Gasteiger partial charge is 0.413 e. The Morgan fingerprint density at radius 3 is 2.49 bits per heavy atom. The summed E-state index contributed by atoms with van der Waals surface area (Å²) in [5.41, 5.74) is 1.34. The van der Waals surface area contributed by atoms with Gasteiger partial charge in [-0.05, 0) is 103 Å². The molecule has 0 aliphatic carbocycles. The highest BCUT2D eigenvalue weighted by Crippen LogP contribution is 2.27. The summed E-state index contributed by atoms with van der Waals surface area (Å²) in [6, 6.07) is 10.2. The molecule has 2 aromatic rings. The molecule has 3 rings (SSSR count). The van der Waals surface area contributed by atoms with Gasteiger partial charge in [-0.15, -0.1) is 0 Å². The number of hydrogen-bond acceptors (Lipinski definition) is 6. The van der Waals surface area contributed by atoms with Gasteiger partial charge in [0.2, 0.25) is 0 Å². The lowest BCUT2D eigenvalue weighted by Gasteiger charge is -2.24. The van der Waals surface area contributed by atoms with Gasteiger partial charge in [0.25, 0.3) is 0 Å². The average molecular weight is 570 g/mol. The number of pyridine rings is 1. The Hall–Kier alpha value is -3.46. The minimum Gasteiger partial charge on any atom is -0.444 e. The Morgan fingerprint density at radius 1 is 1.07 bits per heavy atom. The van der Waals surface area contributed by atoms with Crippen LogP contribution in [0.1, 0.15) is 71.2 Å². The van der Waals surface area contributed by atoms with Crippen LogP contribution in [-0.2, 0) is 20.6 Å². The largest absolute Gasteiger partial charge is 0.444 e. The summed E-state index contributed by atoms with van der Waals surface area (Å²) in [7, 11) is 0. The fraction of sp³-hybridized carbons (Fsp3) is 0.531. The second-order valence-electron chi connectivity index (χ2n) is 12.5. The van der Waals surface area contributed by atoms with Crippen molar-refractivity contribution in [2.24, 2.45) is 5.92 Å². The molecule has 1 aliphatic rings. The predicted molar refractivity (Wildman–Crippen MR) is 158 cm³/mol. The maximum absolute atomic E-state index is 13.4. The van der Waals surface area contributed by atoms with Gasteiger partial charge in [0.05, 0.1) is 12.6 Å². The van der Waals surface area contributed by atoms with Gasteiger partial charge < -0.3 is 19.1 Å². The third kappa shape index (κ3) is 11.5. The van der Waals surface area contributed by atoms with Gasteiger partial charge in [0, 0.05) is 24.8 Å². The van der Waals surface area contributed by atoms with E-state index in [9.17, 15) is 14.0 Å². The fourth-order valence-corrected chi connectivity index (χ4v) is 4.55. The van der Waals surface area contributed by atoms with Crippen molar-refractivity contribution in [1.82, 2.24) is 9.88 Å². The summed E-state index contributed by atoms with van der Waals surface area (Å²) in [5, 5.41) is 2.72. The summed E-state index contributed by atoms with van der Waals surface area (Å²) in [5.74, 6) is 0.154. The van der Waals surface area contributed by atoms with E-state index < -0.39 is 17.3 Å². The molecule has 1 aliphatic heterocycles. The van der Waals surface area contributed by atoms with Crippen LogP contribution in [-0.4, -0.2) is 59.1 Å². The number of halogens is 1. The highest BCUT2D eigenvalue weighted by Gasteiger charge is 2.38. The first-order valence-corrected chi connectivity index (χ1v) is 14.2. The van der Waals surface area contributed by atoms with Crippen molar-refractivity contribution >= 4 is 24.1 Å². The number of hydrogen-bond donors (Lipinski definition) is 1. The summed E-state index contributed by atoms with van der Waals surface area (Å²) in [6.45, 7) is 14.3. The number of unbranched alkanes of at least 4 members (excludes halogenated alkanes) is 1. The van der Waals surface area contributed by atoms with Crippen molar-refractivity contribution in [2.45, 2.75) is 85.0 Å². The van der Waals surface area contributed by atoms with Crippen molar-refractivity contribution in [2.75, 3.05) is 25.0 Å². The van der Waals surface area contributed by atoms with E-state index >= 15 is 0 Å². The van der Waals surface area contributed by atoms with E-state index in [1.54, 1.807) is 37.8 Å². The van der Waals surface area contributed by atoms with E-state index in [-0.39, 0.29) is 23.9 Å². The molecule has 1 N–H and O–H groups in total. The number of amides is 2. The number of nitrogens with one attached hydrogen (secondary N) is 1. The summed E-state index contributed by atoms with van der Waals surface area (Å²) in [6.07, 6.45) is 4.91. The minimum absolute atomic E-state index is 0.00553. The molecule has 2 amide bonds. The maximum Gasteiger partial charge on any atom is 0.413 e. The number of anilines is 1. The average Bonchev–Trinajstić information content (AvgIpc) is 3.21. The number of ether oxygens (including phenoxy) is 3. The lowest BCUT2D eigenvalue weighted by Crippen LogP contribution is -2.36. The van der Waals surface area contributed by atoms with Crippen LogP contribution in [0.3, 0.4) is 0 Å². The second kappa shape index (κ2) is 13.9. The number of carbonyl (C=O) groups is 2. The molecule has 1 aromatic carbocycles. The normalized spacial score (nSPS) is 17.6. The Kier molecular flexibility index (Phi) is 10.9. The quantitative estimate of drug-likeness (QED) is 0.322. The number of allylic oxidation sites excluding steroid dienone is 1. The molecule has 0 spiro atoms. The molecule has 2 heterocycles. The van der Waals surface area contributed by atoms with Crippen LogP contribution in [0.5, 0.6) is 0 Å². The van der Waals surface area contributed by atoms with Gasteiger partial charge in [-0.1, -0.05) is 24.3 Å². The number of carbonyl (C=O) groups excluding carboxylic acids is 2. The molecule has 9 heteroatoms. The lowest BCUT2D eigenvalue weighted by atomic mass is 9.98. The number of aryl methyl sites for hydroxylation is 1. The van der Waals surface area contributed by atoms with Gasteiger partial charge in [0.1, 0.15) is 22.8 Å². The molecule has 41 heavy (non-hydrogen) atoms. The molecular formula is C32H44FN3O5. The molecule has 224 valence electrons. The first kappa shape index (κ1) is 32.1. The number of likely N-dealkylation sites (tertiary alicyclic amines) is 1. The Morgan fingerprint density at radius 2 is 1.80 bits per heavy atom. The van der Waals surface area contributed by atoms with Crippen LogP contribution < -0.4 is 5.32 Å². The van der Waals surface area contributed by atoms with E-state index in [2.05, 4.69) is 10.3 Å². The molecule has 1 fully saturated rings. The van der Waals surface area contributed by atoms with Gasteiger partial charge in [-0.25, -0.2) is 19.0 Å². The molecule has 1 aromatic heterocycles. The van der Waals surface area contributed by atoms with Crippen LogP contribution in [0.25, 0.3) is 6.08 Å². The second-order valence-corrected chi connectivity index (χ2v) is 12.5. The molecule has 2 atom stereocenters. The number of aromatic nitrogens is 1. The first-order chi connectivity index (χ1) is 19.2. The number of rotatable bonds is 9. The third-order valence-electron chi connectivity index (χ3n) is 6.16. The predicted octanol–water partition coefficient (Wildman–Crippen LogP) is 7.16. The summed E-state index contributed by atoms with van der Waals surface area (Å²) < 4.78 is 30.7. The van der Waals surface area contributed by atoms with Crippen molar-refractivity contribution in [1.29, 1.82) is 0 Å². The van der Waals surface area contributed by atoms with Crippen molar-refractivity contribution in [3.8, 4) is 0 Å². The van der Waals surface area contributed by atoms with Gasteiger partial charge in [0.15, 0.2) is 0 Å². The van der Waals surface area contributed by atoms with Gasteiger partial charge in [-0.2, -0.15) is 0 Å². The van der Waals surface area contributed by atoms with Crippen LogP contribution in [0.15, 0.2) is 42.5 Å². The van der Waals surface area contributed by atoms with Gasteiger partial charge in [-0.3, -0.25) is 5.32 Å². The SMILES string of the molecule is Cc1cc(C[C@@H]2CN(C(=O)OC(C)(C)C)C[C@@H]2OCCC/C=C/c2cccc(F)c2)nc(NC(=O)OC(C)(C)C)c1. The molecule has 8 nitrogen and oxygen atoms in total. The van der Waals surface area contributed by atoms with E-state index in [1.807, 2.05) is 52.0 Å². The molecular weight excluding hydrogens is 525 g/mol. The fourth-order valence-electron chi connectivity index (χ4n) is 4.55. The van der Waals surface area contributed by atoms with Crippen molar-refractivity contribution in [3.05, 3.63) is 65.1 Å². The Balaban J connectivity index is 1.64. The zero-order valence-electron chi connectivity index (χ0n) is 25.3. The first-order valence-electron chi connectivity index (χ1n) is 14.2. The van der Waals surface area contributed by atoms with Crippen molar-refractivity contribution in [3.63, 3.8) is 0 Å². The zero-order chi connectivity index (χ0) is 30.2. The standard InChI is InChI=1S/C32H44FN3O5/c1-22-16-26(34-28(17-22)35-29(37)40-31(2,3)4)19-24-20-36(30(38)41-32(5,6)7)21-27(24)39-15-10-8-9-12-23-13-11-14-25(33)18-23/h9,11-14,16-18,24,27H,8,10,15,19-21H2,1-7H3,(H,34,35,37)/b12-9+/t24-,27+/m1/s1. The van der Waals surface area contributed by atoms with Crippen molar-refractivity contribution < 1.29 is 28.2 Å². The number of nitrogens with zero attached hydrogens (tertiary/aromatic N) is 2. The molecule has 0 bridgehead atoms. The van der Waals surface area contributed by atoms with Crippen LogP contribution in [0, 0.1) is 18.7 Å². The Labute approximate surface area is 243 Å². The molecule has 0 unspecified atom stereocenters. The van der Waals surface area contributed by atoms with E-state index in [4.69, 9.17) is 14.2 Å².